The summed E-state index contributed by atoms with van der Waals surface area (Å²) in [6.07, 6.45) is 4.24. The van der Waals surface area contributed by atoms with E-state index in [9.17, 15) is 9.59 Å². The highest BCUT2D eigenvalue weighted by atomic mass is 16.5. The van der Waals surface area contributed by atoms with Gasteiger partial charge in [0.1, 0.15) is 0 Å². The SMILES string of the molecule is CC(C)(C)CCN1CCN(C(C)(C)C)CC1.CC(C)(C)CNC(=O)CC1CCN(CCOC(C)(C)C)CC1.CC(C)(C)CNC(=O)CN1CCN(CCOC(C)(C)C)CC1.CC(C)(C)CNCCN1CCN(CCOC(C)(C)C)CC1.CC(C)(C)COCCN1CCN(CCOC(C)(C)C)CC1.CC(C)(C)N1CCN(C(C)(C)C)CC1.CC(C)(C)NCCN1CCN(C(C)(C)C)CC1.CC(C)(C)OCCN1CCN(C(C)(C)C)CC1. The summed E-state index contributed by atoms with van der Waals surface area (Å²) in [5.74, 6) is 0.892. The van der Waals surface area contributed by atoms with Gasteiger partial charge in [-0.2, -0.15) is 0 Å². The van der Waals surface area contributed by atoms with Crippen molar-refractivity contribution in [2.45, 2.75) is 419 Å². The Balaban J connectivity index is 0.000000860. The molecule has 8 heterocycles. The first-order chi connectivity index (χ1) is 68.2. The van der Waals surface area contributed by atoms with Gasteiger partial charge in [0.2, 0.25) is 11.8 Å². The Hall–Kier alpha value is -1.98. The number of ether oxygens (including phenoxy) is 6. The summed E-state index contributed by atoms with van der Waals surface area (Å²) in [6, 6.07) is 0. The van der Waals surface area contributed by atoms with Crippen molar-refractivity contribution in [3.05, 3.63) is 0 Å². The number of carbonyl (C=O) groups is 2. The average Bonchev–Trinajstić information content (AvgIpc) is 0.829. The van der Waals surface area contributed by atoms with Gasteiger partial charge in [-0.3, -0.25) is 73.3 Å². The highest BCUT2D eigenvalue weighted by molar-refractivity contribution is 5.78. The van der Waals surface area contributed by atoms with Crippen LogP contribution in [0.4, 0.5) is 0 Å². The Bertz CT molecular complexity index is 3160. The maximum absolute atomic E-state index is 12.0. The van der Waals surface area contributed by atoms with E-state index in [0.717, 1.165) is 197 Å². The molecule has 8 saturated heterocycles. The Morgan fingerprint density at radius 3 is 0.707 bits per heavy atom. The first-order valence-electron chi connectivity index (χ1n) is 59.9. The largest absolute Gasteiger partial charge is 0.380 e. The molecule has 0 atom stereocenters. The third-order valence-corrected chi connectivity index (χ3v) is 28.0. The molecule has 0 aromatic rings. The molecule has 0 unspecified atom stereocenters. The number of likely N-dealkylation sites (tertiary alicyclic amines) is 1. The zero-order chi connectivity index (χ0) is 115. The average molecular weight is 2130 g/mol. The van der Waals surface area contributed by atoms with E-state index >= 15 is 0 Å². The first kappa shape index (κ1) is 146. The van der Waals surface area contributed by atoms with Crippen LogP contribution in [0.3, 0.4) is 0 Å². The lowest BCUT2D eigenvalue weighted by molar-refractivity contribution is -0.123. The van der Waals surface area contributed by atoms with Crippen LogP contribution in [0, 0.1) is 33.0 Å². The van der Waals surface area contributed by atoms with E-state index in [1.165, 1.54) is 157 Å². The lowest BCUT2D eigenvalue weighted by Crippen LogP contribution is -2.57. The molecule has 0 aromatic heterocycles. The summed E-state index contributed by atoms with van der Waals surface area (Å²) in [5, 5.41) is 13.2. The second kappa shape index (κ2) is 68.4. The standard InChI is InChI=1S/C18H36N2O2.C17H35N3O2.C17H37N3O.C17H36N2O2.C14H31N3.C14H30N2O.C14H30N2.C12H26N2/c1-17(2,3)14-19-16(21)13-15-7-9-20(10-8-15)11-12-22-18(4,5)6;1-16(2,3)14-18-15(21)13-20-9-7-19(8-10-20)11-12-22-17(4,5)6;1-16(2,3)15-18-7-8-19-9-11-20(12-10-19)13-14-21-17(4,5)6;1-16(2,3)15-20-13-11-18-7-9-19(10-8-18)12-14-21-17(4,5)6;1-13(2,3)15-7-8-16-9-11-17(12-10-16)14(4,5)6;1-13(2,3)16-9-7-15(8-10-16)11-12-17-14(4,5)6;1-13(2,3)7-8-15-9-11-16(12-10-15)14(4,5)6;1-11(2,3)13-7-9-14(10-8-13)12(4,5)6/h15H,7-14H2,1-6H3,(H,19,21);7-14H2,1-6H3,(H,18,21);18H,7-15H2,1-6H3;7-15H2,1-6H3;15H,7-12H2,1-6H3;7-12H2,1-6H3;7-12H2,1-6H3;7-10H2,1-6H3. The smallest absolute Gasteiger partial charge is 0.234 e. The predicted molar refractivity (Wildman–Crippen MR) is 646 cm³/mol. The van der Waals surface area contributed by atoms with E-state index in [4.69, 9.17) is 28.4 Å². The molecular weight excluding hydrogens is 1870 g/mol. The van der Waals surface area contributed by atoms with Crippen molar-refractivity contribution < 1.29 is 38.0 Å². The normalized spacial score (nSPS) is 19.9. The molecule has 8 fully saturated rings. The molecule has 0 radical (unpaired) electrons. The minimum absolute atomic E-state index is 0.00671. The number of hydrogen-bond acceptors (Lipinski definition) is 25. The van der Waals surface area contributed by atoms with E-state index in [0.29, 0.717) is 57.4 Å². The lowest BCUT2D eigenvalue weighted by atomic mass is 9.92. The van der Waals surface area contributed by atoms with Crippen LogP contribution in [0.2, 0.25) is 0 Å². The third kappa shape index (κ3) is 83.3. The molecule has 0 aromatic carbocycles. The molecule has 27 nitrogen and oxygen atoms in total. The number of nitrogens with one attached hydrogen (secondary N) is 4. The van der Waals surface area contributed by atoms with Crippen LogP contribution in [0.1, 0.15) is 358 Å². The number of rotatable bonds is 34. The summed E-state index contributed by atoms with van der Waals surface area (Å²) < 4.78 is 34.7. The van der Waals surface area contributed by atoms with Gasteiger partial charge in [-0.05, 0) is 300 Å². The zero-order valence-electron chi connectivity index (χ0n) is 109. The predicted octanol–water partition coefficient (Wildman–Crippen LogP) is 18.2. The van der Waals surface area contributed by atoms with E-state index < -0.39 is 0 Å². The van der Waals surface area contributed by atoms with Crippen molar-refractivity contribution in [3.8, 4) is 0 Å². The van der Waals surface area contributed by atoms with E-state index in [1.54, 1.807) is 0 Å². The Kier molecular flexibility index (Phi) is 66.6. The number of piperazine rings is 7. The summed E-state index contributed by atoms with van der Waals surface area (Å²) >= 11 is 0. The fraction of sp³-hybridized carbons (Fsp3) is 0.984. The first-order valence-corrected chi connectivity index (χ1v) is 59.9. The van der Waals surface area contributed by atoms with Gasteiger partial charge in [0.15, 0.2) is 0 Å². The molecule has 8 aliphatic rings. The van der Waals surface area contributed by atoms with Gasteiger partial charge in [0, 0.05) is 308 Å². The van der Waals surface area contributed by atoms with Crippen molar-refractivity contribution >= 4 is 11.8 Å². The summed E-state index contributed by atoms with van der Waals surface area (Å²) in [6.45, 7) is 162. The number of carbonyl (C=O) groups excluding carboxylic acids is 2. The number of nitrogens with zero attached hydrogens (tertiary/aromatic N) is 15. The molecule has 8 aliphatic heterocycles. The molecule has 150 heavy (non-hydrogen) atoms. The molecule has 0 saturated carbocycles. The number of piperidine rings is 1. The number of amides is 2. The summed E-state index contributed by atoms with van der Waals surface area (Å²) in [5.41, 5.74) is 3.17. The van der Waals surface area contributed by atoms with Crippen LogP contribution in [0.15, 0.2) is 0 Å². The van der Waals surface area contributed by atoms with Crippen LogP contribution in [-0.4, -0.2) is 487 Å². The third-order valence-electron chi connectivity index (χ3n) is 28.0. The van der Waals surface area contributed by atoms with Crippen LogP contribution >= 0.6 is 0 Å². The topological polar surface area (TPSA) is 186 Å². The fourth-order valence-electron chi connectivity index (χ4n) is 18.1. The van der Waals surface area contributed by atoms with E-state index in [2.05, 4.69) is 427 Å². The minimum atomic E-state index is -0.0625. The van der Waals surface area contributed by atoms with Gasteiger partial charge in [-0.1, -0.05) is 104 Å². The van der Waals surface area contributed by atoms with Crippen molar-refractivity contribution in [1.29, 1.82) is 0 Å². The maximum Gasteiger partial charge on any atom is 0.234 e. The molecule has 0 spiro atoms. The van der Waals surface area contributed by atoms with Gasteiger partial charge >= 0.3 is 0 Å². The second-order valence-corrected chi connectivity index (χ2v) is 61.6. The van der Waals surface area contributed by atoms with Crippen LogP contribution in [-0.2, 0) is 38.0 Å². The molecule has 896 valence electrons. The second-order valence-electron chi connectivity index (χ2n) is 61.6. The van der Waals surface area contributed by atoms with Gasteiger partial charge < -0.3 is 59.5 Å². The number of hydrogen-bond donors (Lipinski definition) is 4. The van der Waals surface area contributed by atoms with Crippen LogP contribution in [0.25, 0.3) is 0 Å². The highest BCUT2D eigenvalue weighted by Gasteiger charge is 2.35. The molecular formula is C123H261N19O8. The van der Waals surface area contributed by atoms with Gasteiger partial charge in [0.05, 0.1) is 80.8 Å². The lowest BCUT2D eigenvalue weighted by Gasteiger charge is -2.46. The fourth-order valence-corrected chi connectivity index (χ4v) is 18.1. The Labute approximate surface area is 932 Å². The van der Waals surface area contributed by atoms with Crippen molar-refractivity contribution in [3.63, 3.8) is 0 Å². The Morgan fingerprint density at radius 2 is 0.460 bits per heavy atom. The molecule has 8 rings (SSSR count). The van der Waals surface area contributed by atoms with Crippen molar-refractivity contribution in [2.24, 2.45) is 33.0 Å². The van der Waals surface area contributed by atoms with Gasteiger partial charge in [0.25, 0.3) is 0 Å². The molecule has 2 amide bonds. The highest BCUT2D eigenvalue weighted by Crippen LogP contribution is 2.28. The maximum atomic E-state index is 12.0. The van der Waals surface area contributed by atoms with Crippen LogP contribution in [0.5, 0.6) is 0 Å². The monoisotopic (exact) mass is 2130 g/mol. The zero-order valence-corrected chi connectivity index (χ0v) is 109. The van der Waals surface area contributed by atoms with Gasteiger partial charge in [-0.15, -0.1) is 0 Å². The van der Waals surface area contributed by atoms with Crippen molar-refractivity contribution in [2.75, 3.05) is 341 Å². The molecule has 0 bridgehead atoms. The summed E-state index contributed by atoms with van der Waals surface area (Å²) in [4.78, 5) is 61.7. The molecule has 0 aliphatic carbocycles. The van der Waals surface area contributed by atoms with Gasteiger partial charge in [-0.25, -0.2) is 0 Å². The summed E-state index contributed by atoms with van der Waals surface area (Å²) in [7, 11) is 0. The molecule has 4 N–H and O–H groups in total. The van der Waals surface area contributed by atoms with Crippen LogP contribution < -0.4 is 21.3 Å². The van der Waals surface area contributed by atoms with Crippen molar-refractivity contribution in [1.82, 2.24) is 94.8 Å². The van der Waals surface area contributed by atoms with E-state index in [1.807, 2.05) is 0 Å². The quantitative estimate of drug-likeness (QED) is 0.0445. The molecule has 27 heteroatoms. The minimum Gasteiger partial charge on any atom is -0.380 e. The Morgan fingerprint density at radius 1 is 0.233 bits per heavy atom. The van der Waals surface area contributed by atoms with E-state index in [-0.39, 0.29) is 61.6 Å².